The Morgan fingerprint density at radius 1 is 1.12 bits per heavy atom. The molecule has 46 valence electrons. The molecule has 8 heavy (non-hydrogen) atoms. The first kappa shape index (κ1) is 5.55. The second kappa shape index (κ2) is 1.27. The topological polar surface area (TPSA) is 0 Å². The van der Waals surface area contributed by atoms with Crippen molar-refractivity contribution in [2.24, 2.45) is 0 Å². The summed E-state index contributed by atoms with van der Waals surface area (Å²) in [7, 11) is 0. The predicted octanol–water partition coefficient (Wildman–Crippen LogP) is 2.69. The van der Waals surface area contributed by atoms with E-state index in [-0.39, 0.29) is 4.87 Å². The summed E-state index contributed by atoms with van der Waals surface area (Å²) < 4.78 is 0.377. The SMILES string of the molecule is ClC12CCC1(Br)CC2. The van der Waals surface area contributed by atoms with Gasteiger partial charge in [-0.1, -0.05) is 15.9 Å². The molecule has 0 amide bonds. The smallest absolute Gasteiger partial charge is 0.0600 e. The molecule has 0 saturated heterocycles. The minimum Gasteiger partial charge on any atom is -0.118 e. The molecule has 0 heterocycles. The van der Waals surface area contributed by atoms with E-state index in [1.165, 1.54) is 25.7 Å². The first-order valence-electron chi connectivity index (χ1n) is 3.04. The number of alkyl halides is 2. The van der Waals surface area contributed by atoms with Crippen molar-refractivity contribution in [1.29, 1.82) is 0 Å². The first-order valence-corrected chi connectivity index (χ1v) is 4.21. The number of rotatable bonds is 0. The maximum absolute atomic E-state index is 6.14. The molecule has 0 aromatic carbocycles. The molecule has 0 atom stereocenters. The van der Waals surface area contributed by atoms with Crippen molar-refractivity contribution < 1.29 is 0 Å². The highest BCUT2D eigenvalue weighted by Crippen LogP contribution is 2.66. The van der Waals surface area contributed by atoms with Crippen molar-refractivity contribution in [3.05, 3.63) is 0 Å². The molecule has 2 fully saturated rings. The third-order valence-electron chi connectivity index (χ3n) is 2.64. The van der Waals surface area contributed by atoms with Crippen LogP contribution in [0.5, 0.6) is 0 Å². The Balaban J connectivity index is 2.22. The third-order valence-corrected chi connectivity index (χ3v) is 5.16. The predicted molar refractivity (Wildman–Crippen MR) is 38.7 cm³/mol. The van der Waals surface area contributed by atoms with Gasteiger partial charge in [-0.2, -0.15) is 0 Å². The second-order valence-corrected chi connectivity index (χ2v) is 5.17. The van der Waals surface area contributed by atoms with Gasteiger partial charge in [-0.25, -0.2) is 0 Å². The molecular weight excluding hydrogens is 187 g/mol. The molecular formula is C6H8BrCl. The van der Waals surface area contributed by atoms with Gasteiger partial charge in [0.1, 0.15) is 0 Å². The highest BCUT2D eigenvalue weighted by molar-refractivity contribution is 9.10. The fourth-order valence-electron chi connectivity index (χ4n) is 1.59. The number of hydrogen-bond donors (Lipinski definition) is 0. The van der Waals surface area contributed by atoms with Gasteiger partial charge in [0.25, 0.3) is 0 Å². The van der Waals surface area contributed by atoms with Gasteiger partial charge in [0.15, 0.2) is 0 Å². The van der Waals surface area contributed by atoms with Gasteiger partial charge in [-0.05, 0) is 25.7 Å². The number of hydrogen-bond acceptors (Lipinski definition) is 0. The van der Waals surface area contributed by atoms with E-state index >= 15 is 0 Å². The lowest BCUT2D eigenvalue weighted by Crippen LogP contribution is -2.63. The van der Waals surface area contributed by atoms with E-state index in [1.54, 1.807) is 0 Å². The molecule has 2 aliphatic rings. The van der Waals surface area contributed by atoms with Crippen LogP contribution in [-0.2, 0) is 0 Å². The van der Waals surface area contributed by atoms with Gasteiger partial charge in [0, 0.05) is 4.32 Å². The van der Waals surface area contributed by atoms with E-state index in [0.717, 1.165) is 0 Å². The molecule has 0 radical (unpaired) electrons. The van der Waals surface area contributed by atoms with Gasteiger partial charge in [-0.3, -0.25) is 0 Å². The fraction of sp³-hybridized carbons (Fsp3) is 1.00. The van der Waals surface area contributed by atoms with Gasteiger partial charge in [-0.15, -0.1) is 11.6 Å². The summed E-state index contributed by atoms with van der Waals surface area (Å²) in [5, 5.41) is 0. The van der Waals surface area contributed by atoms with E-state index < -0.39 is 0 Å². The lowest BCUT2D eigenvalue weighted by atomic mass is 9.58. The Bertz CT molecular complexity index is 108. The quantitative estimate of drug-likeness (QED) is 0.522. The average molecular weight is 195 g/mol. The van der Waals surface area contributed by atoms with Gasteiger partial charge in [0.05, 0.1) is 4.87 Å². The van der Waals surface area contributed by atoms with Crippen molar-refractivity contribution in [3.63, 3.8) is 0 Å². The monoisotopic (exact) mass is 194 g/mol. The maximum Gasteiger partial charge on any atom is 0.0600 e. The van der Waals surface area contributed by atoms with E-state index in [0.29, 0.717) is 4.32 Å². The normalized spacial score (nSPS) is 60.8. The molecule has 0 N–H and O–H groups in total. The Labute approximate surface area is 62.7 Å². The summed E-state index contributed by atoms with van der Waals surface area (Å²) in [5.41, 5.74) is 0. The maximum atomic E-state index is 6.14. The molecule has 2 rings (SSSR count). The van der Waals surface area contributed by atoms with Crippen LogP contribution in [0.2, 0.25) is 0 Å². The second-order valence-electron chi connectivity index (χ2n) is 2.93. The summed E-state index contributed by atoms with van der Waals surface area (Å²) in [5.74, 6) is 0. The zero-order valence-corrected chi connectivity index (χ0v) is 6.93. The Morgan fingerprint density at radius 3 is 1.50 bits per heavy atom. The molecule has 0 unspecified atom stereocenters. The van der Waals surface area contributed by atoms with E-state index in [9.17, 15) is 0 Å². The van der Waals surface area contributed by atoms with E-state index in [1.807, 2.05) is 0 Å². The van der Waals surface area contributed by atoms with Crippen LogP contribution in [0.1, 0.15) is 25.7 Å². The summed E-state index contributed by atoms with van der Waals surface area (Å²) in [6.07, 6.45) is 5.02. The van der Waals surface area contributed by atoms with E-state index in [4.69, 9.17) is 11.6 Å². The first-order chi connectivity index (χ1) is 3.66. The minimum absolute atomic E-state index is 0.188. The summed E-state index contributed by atoms with van der Waals surface area (Å²) >= 11 is 9.78. The fourth-order valence-corrected chi connectivity index (χ4v) is 2.76. The van der Waals surface area contributed by atoms with Crippen molar-refractivity contribution in [2.75, 3.05) is 0 Å². The van der Waals surface area contributed by atoms with E-state index in [2.05, 4.69) is 15.9 Å². The number of fused-ring (bicyclic) bond motifs is 1. The zero-order chi connectivity index (χ0) is 5.83. The molecule has 2 aliphatic carbocycles. The van der Waals surface area contributed by atoms with Gasteiger partial charge >= 0.3 is 0 Å². The Morgan fingerprint density at radius 2 is 1.50 bits per heavy atom. The summed E-state index contributed by atoms with van der Waals surface area (Å²) in [4.78, 5) is 0.188. The lowest BCUT2D eigenvalue weighted by Gasteiger charge is -2.61. The van der Waals surface area contributed by atoms with Crippen LogP contribution in [-0.4, -0.2) is 9.20 Å². The molecule has 0 aromatic heterocycles. The van der Waals surface area contributed by atoms with Crippen LogP contribution in [0.25, 0.3) is 0 Å². The molecule has 0 spiro atoms. The van der Waals surface area contributed by atoms with Crippen LogP contribution in [0.3, 0.4) is 0 Å². The molecule has 2 saturated carbocycles. The third kappa shape index (κ3) is 0.399. The van der Waals surface area contributed by atoms with Crippen LogP contribution < -0.4 is 0 Å². The summed E-state index contributed by atoms with van der Waals surface area (Å²) in [6.45, 7) is 0. The highest BCUT2D eigenvalue weighted by atomic mass is 79.9. The van der Waals surface area contributed by atoms with Crippen molar-refractivity contribution in [3.8, 4) is 0 Å². The molecule has 0 nitrogen and oxygen atoms in total. The Hall–Kier alpha value is 0.770. The summed E-state index contributed by atoms with van der Waals surface area (Å²) in [6, 6.07) is 0. The van der Waals surface area contributed by atoms with Crippen molar-refractivity contribution in [1.82, 2.24) is 0 Å². The van der Waals surface area contributed by atoms with Crippen LogP contribution in [0.15, 0.2) is 0 Å². The lowest BCUT2D eigenvalue weighted by molar-refractivity contribution is 0.131. The van der Waals surface area contributed by atoms with Crippen molar-refractivity contribution >= 4 is 27.5 Å². The largest absolute Gasteiger partial charge is 0.118 e. The van der Waals surface area contributed by atoms with Crippen LogP contribution in [0, 0.1) is 0 Å². The molecule has 2 heteroatoms. The van der Waals surface area contributed by atoms with Crippen LogP contribution >= 0.6 is 27.5 Å². The standard InChI is InChI=1S/C6H8BrCl/c7-5-1-3-6(5,8)4-2-5/h1-4H2. The van der Waals surface area contributed by atoms with Crippen LogP contribution in [0.4, 0.5) is 0 Å². The zero-order valence-electron chi connectivity index (χ0n) is 4.58. The minimum atomic E-state index is 0.188. The highest BCUT2D eigenvalue weighted by Gasteiger charge is 2.63. The Kier molecular flexibility index (Phi) is 0.878. The van der Waals surface area contributed by atoms with Gasteiger partial charge < -0.3 is 0 Å². The van der Waals surface area contributed by atoms with Gasteiger partial charge in [0.2, 0.25) is 0 Å². The number of halogens is 2. The molecule has 0 aliphatic heterocycles. The molecule has 0 bridgehead atoms. The average Bonchev–Trinajstić information content (AvgIpc) is 1.81. The van der Waals surface area contributed by atoms with Crippen molar-refractivity contribution in [2.45, 2.75) is 34.9 Å². The molecule has 0 aromatic rings.